The normalized spacial score (nSPS) is 13.6. The third kappa shape index (κ3) is 3.27. The third-order valence-corrected chi connectivity index (χ3v) is 5.40. The minimum atomic E-state index is -0.244. The molecule has 0 aliphatic heterocycles. The molecule has 0 fully saturated rings. The van der Waals surface area contributed by atoms with Crippen LogP contribution >= 0.6 is 27.3 Å². The number of fused-ring (bicyclic) bond motifs is 1. The van der Waals surface area contributed by atoms with Gasteiger partial charge in [0.2, 0.25) is 0 Å². The van der Waals surface area contributed by atoms with E-state index in [2.05, 4.69) is 31.3 Å². The molecule has 126 valence electrons. The number of hydrogen-bond donors (Lipinski definition) is 1. The smallest absolute Gasteiger partial charge is 0.257 e. The van der Waals surface area contributed by atoms with Gasteiger partial charge in [-0.3, -0.25) is 14.9 Å². The molecule has 4 rings (SSSR count). The molecule has 0 spiro atoms. The molecular weight excluding hydrogens is 404 g/mol. The van der Waals surface area contributed by atoms with Crippen LogP contribution in [-0.2, 0) is 6.42 Å². The molecule has 0 unspecified atom stereocenters. The Labute approximate surface area is 156 Å². The second kappa shape index (κ2) is 6.53. The Morgan fingerprint density at radius 3 is 2.72 bits per heavy atom. The van der Waals surface area contributed by atoms with Crippen molar-refractivity contribution in [2.75, 3.05) is 5.32 Å². The Bertz CT molecular complexity index is 961. The number of Topliss-reactive ketones (excluding diaryl/α,β-unsaturated/α-hetero) is 1. The fourth-order valence-electron chi connectivity index (χ4n) is 2.70. The maximum atomic E-state index is 12.4. The van der Waals surface area contributed by atoms with Crippen molar-refractivity contribution in [3.63, 3.8) is 0 Å². The zero-order valence-corrected chi connectivity index (χ0v) is 15.4. The van der Waals surface area contributed by atoms with Crippen molar-refractivity contribution >= 4 is 44.1 Å². The number of ketones is 1. The molecule has 3 aromatic rings. The van der Waals surface area contributed by atoms with E-state index in [9.17, 15) is 9.59 Å². The van der Waals surface area contributed by atoms with E-state index in [1.54, 1.807) is 23.0 Å². The number of hydrogen-bond acceptors (Lipinski definition) is 5. The molecule has 1 amide bonds. The van der Waals surface area contributed by atoms with E-state index < -0.39 is 0 Å². The first-order valence-corrected chi connectivity index (χ1v) is 9.36. The van der Waals surface area contributed by atoms with Crippen LogP contribution in [0, 0.1) is 0 Å². The van der Waals surface area contributed by atoms with Gasteiger partial charge < -0.3 is 0 Å². The maximum Gasteiger partial charge on any atom is 0.257 e. The molecule has 1 aliphatic rings. The fraction of sp³-hybridized carbons (Fsp3) is 0.176. The molecule has 0 atom stereocenters. The van der Waals surface area contributed by atoms with E-state index in [-0.39, 0.29) is 11.7 Å². The average Bonchev–Trinajstić information content (AvgIpc) is 3.22. The summed E-state index contributed by atoms with van der Waals surface area (Å²) in [5.74, 6) is -0.124. The number of thiazole rings is 1. The van der Waals surface area contributed by atoms with Gasteiger partial charge in [-0.1, -0.05) is 11.3 Å². The van der Waals surface area contributed by atoms with Crippen molar-refractivity contribution in [2.24, 2.45) is 0 Å². The highest BCUT2D eigenvalue weighted by atomic mass is 79.9. The zero-order chi connectivity index (χ0) is 17.4. The highest BCUT2D eigenvalue weighted by molar-refractivity contribution is 9.10. The quantitative estimate of drug-likeness (QED) is 0.702. The SMILES string of the molecule is O=C(Nc1nc2c(s1)C(=O)CCC2)c1ccc(-n2cc(Br)cn2)cc1. The number of amides is 1. The van der Waals surface area contributed by atoms with Crippen molar-refractivity contribution in [1.82, 2.24) is 14.8 Å². The summed E-state index contributed by atoms with van der Waals surface area (Å²) in [7, 11) is 0. The van der Waals surface area contributed by atoms with Crippen LogP contribution < -0.4 is 5.32 Å². The number of anilines is 1. The van der Waals surface area contributed by atoms with Crippen LogP contribution in [0.25, 0.3) is 5.69 Å². The van der Waals surface area contributed by atoms with E-state index >= 15 is 0 Å². The summed E-state index contributed by atoms with van der Waals surface area (Å²) in [6, 6.07) is 7.12. The van der Waals surface area contributed by atoms with Crippen molar-refractivity contribution in [3.05, 3.63) is 57.3 Å². The largest absolute Gasteiger partial charge is 0.298 e. The van der Waals surface area contributed by atoms with Crippen LogP contribution in [0.5, 0.6) is 0 Å². The summed E-state index contributed by atoms with van der Waals surface area (Å²) in [6.45, 7) is 0. The number of aryl methyl sites for hydroxylation is 1. The standard InChI is InChI=1S/C17H13BrN4O2S/c18-11-8-19-22(9-11)12-6-4-10(5-7-12)16(24)21-17-20-13-2-1-3-14(23)15(13)25-17/h4-9H,1-3H2,(H,20,21,24). The van der Waals surface area contributed by atoms with Gasteiger partial charge in [0.25, 0.3) is 5.91 Å². The topological polar surface area (TPSA) is 76.9 Å². The molecule has 2 heterocycles. The van der Waals surface area contributed by atoms with Gasteiger partial charge in [0, 0.05) is 18.2 Å². The van der Waals surface area contributed by atoms with Crippen LogP contribution in [0.1, 0.15) is 38.6 Å². The average molecular weight is 417 g/mol. The van der Waals surface area contributed by atoms with Crippen LogP contribution in [0.4, 0.5) is 5.13 Å². The van der Waals surface area contributed by atoms with Gasteiger partial charge in [-0.15, -0.1) is 0 Å². The van der Waals surface area contributed by atoms with Crippen molar-refractivity contribution in [2.45, 2.75) is 19.3 Å². The molecule has 25 heavy (non-hydrogen) atoms. The number of halogens is 1. The highest BCUT2D eigenvalue weighted by Crippen LogP contribution is 2.29. The number of nitrogens with one attached hydrogen (secondary N) is 1. The molecule has 1 N–H and O–H groups in total. The molecule has 2 aromatic heterocycles. The lowest BCUT2D eigenvalue weighted by Gasteiger charge is -2.05. The first-order chi connectivity index (χ1) is 12.1. The third-order valence-electron chi connectivity index (χ3n) is 3.93. The molecule has 0 saturated heterocycles. The summed E-state index contributed by atoms with van der Waals surface area (Å²) in [6.07, 6.45) is 5.72. The molecule has 0 saturated carbocycles. The number of rotatable bonds is 3. The predicted molar refractivity (Wildman–Crippen MR) is 98.6 cm³/mol. The van der Waals surface area contributed by atoms with Crippen LogP contribution in [0.2, 0.25) is 0 Å². The van der Waals surface area contributed by atoms with Gasteiger partial charge in [0.05, 0.1) is 26.9 Å². The predicted octanol–water partition coefficient (Wildman–Crippen LogP) is 3.86. The number of aromatic nitrogens is 3. The van der Waals surface area contributed by atoms with Gasteiger partial charge in [-0.25, -0.2) is 9.67 Å². The number of carbonyl (C=O) groups is 2. The van der Waals surface area contributed by atoms with Crippen molar-refractivity contribution < 1.29 is 9.59 Å². The number of carbonyl (C=O) groups excluding carboxylic acids is 2. The van der Waals surface area contributed by atoms with Gasteiger partial charge in [0.15, 0.2) is 10.9 Å². The van der Waals surface area contributed by atoms with E-state index in [1.807, 2.05) is 18.3 Å². The fourth-order valence-corrected chi connectivity index (χ4v) is 3.96. The lowest BCUT2D eigenvalue weighted by molar-refractivity contribution is 0.0975. The van der Waals surface area contributed by atoms with Crippen LogP contribution in [0.3, 0.4) is 0 Å². The Kier molecular flexibility index (Phi) is 4.22. The number of nitrogens with zero attached hydrogens (tertiary/aromatic N) is 3. The summed E-state index contributed by atoms with van der Waals surface area (Å²) >= 11 is 4.61. The molecule has 8 heteroatoms. The van der Waals surface area contributed by atoms with Gasteiger partial charge in [-0.2, -0.15) is 5.10 Å². The van der Waals surface area contributed by atoms with Gasteiger partial charge >= 0.3 is 0 Å². The lowest BCUT2D eigenvalue weighted by Crippen LogP contribution is -2.12. The monoisotopic (exact) mass is 416 g/mol. The minimum absolute atomic E-state index is 0.119. The first kappa shape index (κ1) is 16.2. The first-order valence-electron chi connectivity index (χ1n) is 7.75. The van der Waals surface area contributed by atoms with Crippen molar-refractivity contribution in [1.29, 1.82) is 0 Å². The summed E-state index contributed by atoms with van der Waals surface area (Å²) in [4.78, 5) is 29.3. The van der Waals surface area contributed by atoms with Crippen LogP contribution in [-0.4, -0.2) is 26.5 Å². The molecule has 1 aliphatic carbocycles. The highest BCUT2D eigenvalue weighted by Gasteiger charge is 2.22. The summed E-state index contributed by atoms with van der Waals surface area (Å²) < 4.78 is 2.60. The number of benzene rings is 1. The molecule has 1 aromatic carbocycles. The van der Waals surface area contributed by atoms with Crippen LogP contribution in [0.15, 0.2) is 41.1 Å². The van der Waals surface area contributed by atoms with Crippen molar-refractivity contribution in [3.8, 4) is 5.69 Å². The van der Waals surface area contributed by atoms with Gasteiger partial charge in [0.1, 0.15) is 0 Å². The van der Waals surface area contributed by atoms with E-state index in [0.717, 1.165) is 28.7 Å². The van der Waals surface area contributed by atoms with E-state index in [4.69, 9.17) is 0 Å². The molecule has 0 bridgehead atoms. The van der Waals surface area contributed by atoms with Gasteiger partial charge in [-0.05, 0) is 53.0 Å². The second-order valence-corrected chi connectivity index (χ2v) is 7.59. The molecule has 0 radical (unpaired) electrons. The Morgan fingerprint density at radius 1 is 1.24 bits per heavy atom. The van der Waals surface area contributed by atoms with E-state index in [1.165, 1.54) is 11.3 Å². The summed E-state index contributed by atoms with van der Waals surface area (Å²) in [5.41, 5.74) is 2.18. The Balaban J connectivity index is 1.50. The Morgan fingerprint density at radius 2 is 2.04 bits per heavy atom. The minimum Gasteiger partial charge on any atom is -0.298 e. The molecule has 6 nitrogen and oxygen atoms in total. The summed E-state index contributed by atoms with van der Waals surface area (Å²) in [5, 5.41) is 7.46. The second-order valence-electron chi connectivity index (χ2n) is 5.68. The van der Waals surface area contributed by atoms with E-state index in [0.29, 0.717) is 22.0 Å². The molecular formula is C17H13BrN4O2S. The maximum absolute atomic E-state index is 12.4. The lowest BCUT2D eigenvalue weighted by atomic mass is 10.0. The zero-order valence-electron chi connectivity index (χ0n) is 13.0. The Hall–Kier alpha value is -2.32.